The smallest absolute Gasteiger partial charge is 0.258 e. The second-order valence-corrected chi connectivity index (χ2v) is 5.70. The quantitative estimate of drug-likeness (QED) is 0.619. The van der Waals surface area contributed by atoms with Crippen LogP contribution in [-0.2, 0) is 0 Å². The molecule has 4 rings (SSSR count). The number of anilines is 2. The Balaban J connectivity index is 2.00. The van der Waals surface area contributed by atoms with E-state index in [1.807, 2.05) is 66.7 Å². The van der Waals surface area contributed by atoms with Gasteiger partial charge in [-0.1, -0.05) is 42.5 Å². The van der Waals surface area contributed by atoms with Crippen LogP contribution in [0.4, 0.5) is 17.1 Å². The lowest BCUT2D eigenvalue weighted by Gasteiger charge is -2.03. The van der Waals surface area contributed by atoms with Crippen LogP contribution >= 0.6 is 0 Å². The van der Waals surface area contributed by atoms with Crippen molar-refractivity contribution in [3.63, 3.8) is 0 Å². The lowest BCUT2D eigenvalue weighted by Crippen LogP contribution is -2.11. The highest BCUT2D eigenvalue weighted by molar-refractivity contribution is 5.59. The molecule has 0 saturated heterocycles. The molecule has 2 heterocycles. The molecule has 0 aliphatic rings. The van der Waals surface area contributed by atoms with Crippen LogP contribution in [0, 0.1) is 0 Å². The first kappa shape index (κ1) is 15.8. The van der Waals surface area contributed by atoms with Crippen LogP contribution in [0.1, 0.15) is 0 Å². The minimum atomic E-state index is -0.180. The number of hydrogen-bond acceptors (Lipinski definition) is 4. The molecular weight excluding hydrogens is 324 g/mol. The summed E-state index contributed by atoms with van der Waals surface area (Å²) in [6.45, 7) is 0. The van der Waals surface area contributed by atoms with Gasteiger partial charge < -0.3 is 5.32 Å². The van der Waals surface area contributed by atoms with E-state index in [0.717, 1.165) is 11.4 Å². The van der Waals surface area contributed by atoms with Gasteiger partial charge >= 0.3 is 0 Å². The first-order chi connectivity index (χ1) is 12.8. The molecule has 0 bridgehead atoms. The Hall–Kier alpha value is -3.73. The molecule has 0 atom stereocenters. The molecule has 5 heteroatoms. The summed E-state index contributed by atoms with van der Waals surface area (Å²) in [5, 5.41) is 3.26. The molecule has 0 amide bonds. The molecule has 4 aromatic rings. The number of fused-ring (bicyclic) bond motifs is 1. The van der Waals surface area contributed by atoms with Crippen LogP contribution in [0.15, 0.2) is 101 Å². The van der Waals surface area contributed by atoms with Gasteiger partial charge in [0.05, 0.1) is 11.4 Å². The molecule has 0 fully saturated rings. The summed E-state index contributed by atoms with van der Waals surface area (Å²) >= 11 is 0. The zero-order valence-corrected chi connectivity index (χ0v) is 13.9. The lowest BCUT2D eigenvalue weighted by molar-refractivity contribution is 1.07. The maximum atomic E-state index is 12.6. The van der Waals surface area contributed by atoms with E-state index in [1.165, 1.54) is 10.5 Å². The Morgan fingerprint density at radius 1 is 0.846 bits per heavy atom. The summed E-state index contributed by atoms with van der Waals surface area (Å²) in [4.78, 5) is 21.9. The van der Waals surface area contributed by atoms with Crippen LogP contribution in [0.2, 0.25) is 0 Å². The fourth-order valence-electron chi connectivity index (χ4n) is 2.62. The van der Waals surface area contributed by atoms with Gasteiger partial charge in [-0.15, -0.1) is 0 Å². The Morgan fingerprint density at radius 2 is 1.54 bits per heavy atom. The van der Waals surface area contributed by atoms with Gasteiger partial charge in [0, 0.05) is 18.0 Å². The van der Waals surface area contributed by atoms with E-state index in [0.29, 0.717) is 16.8 Å². The first-order valence-corrected chi connectivity index (χ1v) is 8.24. The van der Waals surface area contributed by atoms with E-state index in [4.69, 9.17) is 0 Å². The fourth-order valence-corrected chi connectivity index (χ4v) is 2.62. The van der Waals surface area contributed by atoms with E-state index in [-0.39, 0.29) is 5.56 Å². The minimum Gasteiger partial charge on any atom is -0.352 e. The zero-order valence-electron chi connectivity index (χ0n) is 13.9. The predicted octanol–water partition coefficient (Wildman–Crippen LogP) is 3.67. The average Bonchev–Trinajstić information content (AvgIpc) is 2.81. The summed E-state index contributed by atoms with van der Waals surface area (Å²) in [5.74, 6) is 0. The van der Waals surface area contributed by atoms with Gasteiger partial charge in [-0.05, 0) is 36.4 Å². The van der Waals surface area contributed by atoms with Gasteiger partial charge in [0.25, 0.3) is 5.56 Å². The van der Waals surface area contributed by atoms with Gasteiger partial charge in [0.15, 0.2) is 5.49 Å². The summed E-state index contributed by atoms with van der Waals surface area (Å²) < 4.78 is 1.50. The Morgan fingerprint density at radius 3 is 2.31 bits per heavy atom. The molecular formula is C21H16N4O. The molecule has 26 heavy (non-hydrogen) atoms. The molecule has 0 aliphatic heterocycles. The maximum Gasteiger partial charge on any atom is 0.258 e. The molecule has 0 spiro atoms. The van der Waals surface area contributed by atoms with E-state index in [9.17, 15) is 4.79 Å². The number of para-hydroxylation sites is 2. The molecule has 0 saturated carbocycles. The lowest BCUT2D eigenvalue weighted by atomic mass is 10.3. The molecule has 5 nitrogen and oxygen atoms in total. The molecule has 0 unspecified atom stereocenters. The molecule has 2 aromatic carbocycles. The summed E-state index contributed by atoms with van der Waals surface area (Å²) in [5.41, 5.74) is 2.98. The largest absolute Gasteiger partial charge is 0.352 e. The number of nitrogens with one attached hydrogen (secondary N) is 1. The summed E-state index contributed by atoms with van der Waals surface area (Å²) in [6.07, 6.45) is 1.70. The third-order valence-electron chi connectivity index (χ3n) is 3.85. The third kappa shape index (κ3) is 3.37. The maximum absolute atomic E-state index is 12.6. The second kappa shape index (κ2) is 7.03. The van der Waals surface area contributed by atoms with Crippen LogP contribution in [0.3, 0.4) is 0 Å². The van der Waals surface area contributed by atoms with Crippen molar-refractivity contribution in [2.75, 3.05) is 5.32 Å². The van der Waals surface area contributed by atoms with Gasteiger partial charge in [-0.25, -0.2) is 9.98 Å². The third-order valence-corrected chi connectivity index (χ3v) is 3.85. The van der Waals surface area contributed by atoms with Crippen molar-refractivity contribution in [1.82, 2.24) is 9.38 Å². The van der Waals surface area contributed by atoms with Crippen LogP contribution in [0.5, 0.6) is 0 Å². The van der Waals surface area contributed by atoms with E-state index in [2.05, 4.69) is 15.3 Å². The molecule has 1 N–H and O–H groups in total. The van der Waals surface area contributed by atoms with Gasteiger partial charge in [0.2, 0.25) is 0 Å². The normalized spacial score (nSPS) is 11.5. The average molecular weight is 340 g/mol. The highest BCUT2D eigenvalue weighted by Gasteiger charge is 2.04. The van der Waals surface area contributed by atoms with Crippen molar-refractivity contribution >= 4 is 22.7 Å². The molecule has 126 valence electrons. The van der Waals surface area contributed by atoms with Crippen molar-refractivity contribution in [2.45, 2.75) is 0 Å². The number of aromatic nitrogens is 2. The molecule has 0 radical (unpaired) electrons. The SMILES string of the molecule is O=c1cc(Nc2ccccc2)c(=Nc2ccccc2)nc2ccccn12. The summed E-state index contributed by atoms with van der Waals surface area (Å²) in [6, 6.07) is 26.2. The van der Waals surface area contributed by atoms with Gasteiger partial charge in [-0.3, -0.25) is 9.20 Å². The Labute approximate surface area is 150 Å². The molecule has 2 aromatic heterocycles. The number of benzene rings is 2. The van der Waals surface area contributed by atoms with Crippen LogP contribution in [-0.4, -0.2) is 9.38 Å². The highest BCUT2D eigenvalue weighted by Crippen LogP contribution is 2.13. The minimum absolute atomic E-state index is 0.180. The van der Waals surface area contributed by atoms with E-state index in [1.54, 1.807) is 18.3 Å². The van der Waals surface area contributed by atoms with Crippen molar-refractivity contribution in [2.24, 2.45) is 4.99 Å². The van der Waals surface area contributed by atoms with Gasteiger partial charge in [0.1, 0.15) is 5.65 Å². The van der Waals surface area contributed by atoms with E-state index < -0.39 is 0 Å². The van der Waals surface area contributed by atoms with Crippen molar-refractivity contribution in [3.8, 4) is 0 Å². The predicted molar refractivity (Wildman–Crippen MR) is 103 cm³/mol. The Kier molecular flexibility index (Phi) is 4.26. The van der Waals surface area contributed by atoms with Crippen LogP contribution < -0.4 is 16.4 Å². The topological polar surface area (TPSA) is 58.8 Å². The van der Waals surface area contributed by atoms with Gasteiger partial charge in [-0.2, -0.15) is 0 Å². The number of pyridine rings is 1. The monoisotopic (exact) mass is 340 g/mol. The number of rotatable bonds is 3. The molecule has 0 aliphatic carbocycles. The second-order valence-electron chi connectivity index (χ2n) is 5.70. The van der Waals surface area contributed by atoms with Crippen molar-refractivity contribution < 1.29 is 0 Å². The first-order valence-electron chi connectivity index (χ1n) is 8.24. The summed E-state index contributed by atoms with van der Waals surface area (Å²) in [7, 11) is 0. The Bertz CT molecular complexity index is 1170. The van der Waals surface area contributed by atoms with Crippen molar-refractivity contribution in [3.05, 3.63) is 107 Å². The number of nitrogens with zero attached hydrogens (tertiary/aromatic N) is 3. The fraction of sp³-hybridized carbons (Fsp3) is 0. The van der Waals surface area contributed by atoms with Crippen molar-refractivity contribution in [1.29, 1.82) is 0 Å². The van der Waals surface area contributed by atoms with Crippen LogP contribution in [0.25, 0.3) is 5.65 Å². The number of hydrogen-bond donors (Lipinski definition) is 1. The highest BCUT2D eigenvalue weighted by atomic mass is 16.1. The standard InChI is InChI=1S/C21H16N4O/c26-20-15-18(22-16-9-3-1-4-10-16)21(23-17-11-5-2-6-12-17)24-19-13-7-8-14-25(19)20/h1-15,22H. The van der Waals surface area contributed by atoms with E-state index >= 15 is 0 Å². The zero-order chi connectivity index (χ0) is 17.8.